The van der Waals surface area contributed by atoms with Crippen molar-refractivity contribution in [1.29, 1.82) is 0 Å². The second kappa shape index (κ2) is 12.5. The highest BCUT2D eigenvalue weighted by Crippen LogP contribution is 2.32. The van der Waals surface area contributed by atoms with Crippen molar-refractivity contribution in [2.75, 3.05) is 13.1 Å². The first-order valence-corrected chi connectivity index (χ1v) is 14.4. The third kappa shape index (κ3) is 6.79. The Bertz CT molecular complexity index is 1510. The maximum Gasteiger partial charge on any atom is 0.410 e. The van der Waals surface area contributed by atoms with Crippen LogP contribution in [-0.2, 0) is 17.7 Å². The summed E-state index contributed by atoms with van der Waals surface area (Å²) in [7, 11) is 0. The van der Waals surface area contributed by atoms with Crippen LogP contribution in [0.3, 0.4) is 0 Å². The maximum atomic E-state index is 13.3. The Balaban J connectivity index is 1.35. The van der Waals surface area contributed by atoms with Gasteiger partial charge < -0.3 is 20.3 Å². The van der Waals surface area contributed by atoms with Crippen LogP contribution in [0, 0.1) is 0 Å². The van der Waals surface area contributed by atoms with Gasteiger partial charge in [-0.25, -0.2) is 9.59 Å². The molecule has 0 radical (unpaired) electrons. The summed E-state index contributed by atoms with van der Waals surface area (Å²) in [5.41, 5.74) is 6.26. The van der Waals surface area contributed by atoms with Crippen molar-refractivity contribution in [3.8, 4) is 22.4 Å². The molecule has 218 valence electrons. The molecule has 4 aromatic rings. The van der Waals surface area contributed by atoms with E-state index in [2.05, 4.69) is 56.1 Å². The SMILES string of the molecule is CCc1[nH]nc(-c2ccncc2)c1CNC(=O)NC1CN(C(=O)OC(C)(C)C)C[C@H]1c1cccc(-c2ccccc2)c1. The van der Waals surface area contributed by atoms with E-state index in [1.54, 1.807) is 17.3 Å². The van der Waals surface area contributed by atoms with Gasteiger partial charge in [0.15, 0.2) is 0 Å². The molecule has 1 unspecified atom stereocenters. The number of H-pyrrole nitrogens is 1. The van der Waals surface area contributed by atoms with E-state index in [0.717, 1.165) is 45.6 Å². The van der Waals surface area contributed by atoms with Crippen LogP contribution >= 0.6 is 0 Å². The van der Waals surface area contributed by atoms with Gasteiger partial charge in [0, 0.05) is 54.8 Å². The fourth-order valence-electron chi connectivity index (χ4n) is 5.36. The zero-order valence-corrected chi connectivity index (χ0v) is 24.6. The van der Waals surface area contributed by atoms with Crippen LogP contribution in [0.4, 0.5) is 9.59 Å². The number of likely N-dealkylation sites (tertiary alicyclic amines) is 1. The molecule has 1 aliphatic rings. The number of carbonyl (C=O) groups is 2. The number of nitrogens with one attached hydrogen (secondary N) is 3. The number of rotatable bonds is 7. The van der Waals surface area contributed by atoms with Gasteiger partial charge in [0.1, 0.15) is 5.60 Å². The lowest BCUT2D eigenvalue weighted by atomic mass is 9.91. The van der Waals surface area contributed by atoms with E-state index in [4.69, 9.17) is 4.74 Å². The molecular weight excluding hydrogens is 528 g/mol. The van der Waals surface area contributed by atoms with Crippen LogP contribution in [0.1, 0.15) is 50.4 Å². The van der Waals surface area contributed by atoms with Crippen molar-refractivity contribution in [2.24, 2.45) is 0 Å². The van der Waals surface area contributed by atoms with Crippen molar-refractivity contribution >= 4 is 12.1 Å². The molecule has 3 heterocycles. The number of aryl methyl sites for hydroxylation is 1. The van der Waals surface area contributed by atoms with Crippen molar-refractivity contribution in [1.82, 2.24) is 30.7 Å². The molecule has 2 aromatic heterocycles. The monoisotopic (exact) mass is 566 g/mol. The Morgan fingerprint density at radius 3 is 2.43 bits per heavy atom. The van der Waals surface area contributed by atoms with Crippen LogP contribution in [0.5, 0.6) is 0 Å². The van der Waals surface area contributed by atoms with Crippen LogP contribution in [0.2, 0.25) is 0 Å². The molecule has 3 amide bonds. The van der Waals surface area contributed by atoms with E-state index in [-0.39, 0.29) is 24.1 Å². The van der Waals surface area contributed by atoms with E-state index in [0.29, 0.717) is 19.6 Å². The van der Waals surface area contributed by atoms with E-state index in [1.807, 2.05) is 64.1 Å². The predicted octanol–water partition coefficient (Wildman–Crippen LogP) is 5.90. The van der Waals surface area contributed by atoms with Gasteiger partial charge in [-0.15, -0.1) is 0 Å². The third-order valence-corrected chi connectivity index (χ3v) is 7.40. The maximum absolute atomic E-state index is 13.3. The lowest BCUT2D eigenvalue weighted by Crippen LogP contribution is -2.45. The number of amides is 3. The molecule has 1 fully saturated rings. The second-order valence-corrected chi connectivity index (χ2v) is 11.5. The number of pyridine rings is 1. The summed E-state index contributed by atoms with van der Waals surface area (Å²) in [6.07, 6.45) is 3.82. The number of ether oxygens (including phenoxy) is 1. The molecule has 42 heavy (non-hydrogen) atoms. The minimum absolute atomic E-state index is 0.112. The highest BCUT2D eigenvalue weighted by atomic mass is 16.6. The molecule has 2 atom stereocenters. The van der Waals surface area contributed by atoms with Gasteiger partial charge in [-0.05, 0) is 56.0 Å². The first kappa shape index (κ1) is 28.9. The summed E-state index contributed by atoms with van der Waals surface area (Å²) in [6.45, 7) is 8.69. The fraction of sp³-hybridized carbons (Fsp3) is 0.333. The standard InChI is InChI=1S/C33H38N6O3/c1-5-28-26(30(38-37-28)23-14-16-34-17-15-23)19-35-31(40)36-29-21-39(32(41)42-33(2,3)4)20-27(29)25-13-9-12-24(18-25)22-10-7-6-8-11-22/h6-18,27,29H,5,19-21H2,1-4H3,(H,37,38)(H2,35,36,40)/t27-,29?/m0/s1. The first-order chi connectivity index (χ1) is 20.2. The Kier molecular flexibility index (Phi) is 8.56. The van der Waals surface area contributed by atoms with Gasteiger partial charge in [0.2, 0.25) is 0 Å². The lowest BCUT2D eigenvalue weighted by molar-refractivity contribution is 0.0289. The van der Waals surface area contributed by atoms with Crippen LogP contribution in [0.25, 0.3) is 22.4 Å². The molecule has 9 nitrogen and oxygen atoms in total. The number of urea groups is 1. The minimum Gasteiger partial charge on any atom is -0.444 e. The molecule has 2 aromatic carbocycles. The van der Waals surface area contributed by atoms with Gasteiger partial charge in [0.25, 0.3) is 0 Å². The molecule has 5 rings (SSSR count). The molecule has 1 saturated heterocycles. The van der Waals surface area contributed by atoms with Crippen LogP contribution in [0.15, 0.2) is 79.1 Å². The van der Waals surface area contributed by atoms with Crippen LogP contribution < -0.4 is 10.6 Å². The van der Waals surface area contributed by atoms with Crippen molar-refractivity contribution in [3.63, 3.8) is 0 Å². The molecule has 0 spiro atoms. The van der Waals surface area contributed by atoms with E-state index < -0.39 is 5.60 Å². The smallest absolute Gasteiger partial charge is 0.410 e. The van der Waals surface area contributed by atoms with Gasteiger partial charge >= 0.3 is 12.1 Å². The van der Waals surface area contributed by atoms with Gasteiger partial charge in [-0.2, -0.15) is 5.10 Å². The van der Waals surface area contributed by atoms with Crippen molar-refractivity contribution in [3.05, 3.63) is 95.9 Å². The Labute approximate surface area is 246 Å². The summed E-state index contributed by atoms with van der Waals surface area (Å²) < 4.78 is 5.67. The molecule has 0 aliphatic carbocycles. The van der Waals surface area contributed by atoms with Crippen molar-refractivity contribution < 1.29 is 14.3 Å². The van der Waals surface area contributed by atoms with Gasteiger partial charge in [-0.3, -0.25) is 10.1 Å². The quantitative estimate of drug-likeness (QED) is 0.258. The van der Waals surface area contributed by atoms with E-state index >= 15 is 0 Å². The number of carbonyl (C=O) groups excluding carboxylic acids is 2. The Hall–Kier alpha value is -4.66. The highest BCUT2D eigenvalue weighted by Gasteiger charge is 2.39. The number of nitrogens with zero attached hydrogens (tertiary/aromatic N) is 3. The minimum atomic E-state index is -0.614. The molecule has 0 bridgehead atoms. The molecule has 3 N–H and O–H groups in total. The lowest BCUT2D eigenvalue weighted by Gasteiger charge is -2.24. The molecule has 9 heteroatoms. The van der Waals surface area contributed by atoms with Gasteiger partial charge in [-0.1, -0.05) is 61.5 Å². The average Bonchev–Trinajstić information content (AvgIpc) is 3.60. The summed E-state index contributed by atoms with van der Waals surface area (Å²) in [5, 5.41) is 13.8. The summed E-state index contributed by atoms with van der Waals surface area (Å²) >= 11 is 0. The number of aromatic nitrogens is 3. The number of benzene rings is 2. The zero-order valence-electron chi connectivity index (χ0n) is 24.6. The van der Waals surface area contributed by atoms with Crippen molar-refractivity contribution in [2.45, 2.75) is 58.2 Å². The second-order valence-electron chi connectivity index (χ2n) is 11.5. The highest BCUT2D eigenvalue weighted by molar-refractivity contribution is 5.76. The predicted molar refractivity (Wildman–Crippen MR) is 163 cm³/mol. The number of hydrogen-bond acceptors (Lipinski definition) is 5. The Morgan fingerprint density at radius 2 is 1.71 bits per heavy atom. The number of aromatic amines is 1. The summed E-state index contributed by atoms with van der Waals surface area (Å²) in [5.74, 6) is -0.112. The molecule has 1 aliphatic heterocycles. The Morgan fingerprint density at radius 1 is 0.976 bits per heavy atom. The first-order valence-electron chi connectivity index (χ1n) is 14.4. The fourth-order valence-corrected chi connectivity index (χ4v) is 5.36. The summed E-state index contributed by atoms with van der Waals surface area (Å²) in [6, 6.07) is 21.7. The van der Waals surface area contributed by atoms with Gasteiger partial charge in [0.05, 0.1) is 11.7 Å². The third-order valence-electron chi connectivity index (χ3n) is 7.40. The topological polar surface area (TPSA) is 112 Å². The molecule has 0 saturated carbocycles. The van der Waals surface area contributed by atoms with E-state index in [1.165, 1.54) is 0 Å². The zero-order chi connectivity index (χ0) is 29.7. The molecular formula is C33H38N6O3. The van der Waals surface area contributed by atoms with E-state index in [9.17, 15) is 9.59 Å². The average molecular weight is 567 g/mol. The summed E-state index contributed by atoms with van der Waals surface area (Å²) in [4.78, 5) is 32.1. The normalized spacial score (nSPS) is 16.7. The largest absolute Gasteiger partial charge is 0.444 e. The number of hydrogen-bond donors (Lipinski definition) is 3. The van der Waals surface area contributed by atoms with Crippen LogP contribution in [-0.4, -0.2) is 56.9 Å².